The number of fused-ring (bicyclic) bond motifs is 1. The molecular formula is C42H53FN8O7. The number of hydrogen-bond donors (Lipinski definition) is 4. The maximum Gasteiger partial charge on any atom is 0.416 e. The van der Waals surface area contributed by atoms with Gasteiger partial charge in [0.1, 0.15) is 22.8 Å². The molecule has 4 N–H and O–H groups in total. The molecule has 1 aliphatic heterocycles. The number of ether oxygens (including phenoxy) is 2. The van der Waals surface area contributed by atoms with Crippen LogP contribution in [-0.4, -0.2) is 85.5 Å². The number of piperidine rings is 1. The molecule has 1 aliphatic rings. The lowest BCUT2D eigenvalue weighted by molar-refractivity contribution is -0.114. The van der Waals surface area contributed by atoms with Crippen LogP contribution in [0.15, 0.2) is 73.2 Å². The van der Waals surface area contributed by atoms with Crippen LogP contribution in [0.2, 0.25) is 0 Å². The number of rotatable bonds is 11. The van der Waals surface area contributed by atoms with E-state index in [9.17, 15) is 28.7 Å². The third-order valence-electron chi connectivity index (χ3n) is 9.07. The Labute approximate surface area is 337 Å². The van der Waals surface area contributed by atoms with Crippen molar-refractivity contribution in [2.45, 2.75) is 91.6 Å². The number of nitrogens with one attached hydrogen (secondary N) is 3. The topological polar surface area (TPSA) is 180 Å². The number of anilines is 4. The summed E-state index contributed by atoms with van der Waals surface area (Å²) in [6.07, 6.45) is 0.318. The molecule has 4 amide bonds. The van der Waals surface area contributed by atoms with E-state index in [2.05, 4.69) is 27.6 Å². The molecule has 15 nitrogen and oxygen atoms in total. The Kier molecular flexibility index (Phi) is 13.1. The normalized spacial score (nSPS) is 15.8. The summed E-state index contributed by atoms with van der Waals surface area (Å²) in [7, 11) is 0. The summed E-state index contributed by atoms with van der Waals surface area (Å²) >= 11 is 0. The summed E-state index contributed by atoms with van der Waals surface area (Å²) in [5.74, 6) is -2.02. The number of likely N-dealkylation sites (tertiary alicyclic amines) is 1. The first-order valence-electron chi connectivity index (χ1n) is 19.1. The molecule has 2 aromatic heterocycles. The predicted octanol–water partition coefficient (Wildman–Crippen LogP) is 7.50. The van der Waals surface area contributed by atoms with Gasteiger partial charge in [0.05, 0.1) is 25.4 Å². The van der Waals surface area contributed by atoms with E-state index in [1.807, 2.05) is 13.8 Å². The van der Waals surface area contributed by atoms with Crippen LogP contribution in [0.25, 0.3) is 5.65 Å². The van der Waals surface area contributed by atoms with Crippen molar-refractivity contribution in [1.82, 2.24) is 19.5 Å². The highest BCUT2D eigenvalue weighted by Crippen LogP contribution is 2.30. The summed E-state index contributed by atoms with van der Waals surface area (Å²) < 4.78 is 26.3. The predicted molar refractivity (Wildman–Crippen MR) is 220 cm³/mol. The van der Waals surface area contributed by atoms with E-state index in [0.717, 1.165) is 5.56 Å². The maximum atomic E-state index is 14.1. The summed E-state index contributed by atoms with van der Waals surface area (Å²) in [6, 6.07) is 14.7. The number of nitrogens with zero attached hydrogens (tertiary/aromatic N) is 5. The molecule has 0 bridgehead atoms. The second-order valence-electron chi connectivity index (χ2n) is 16.6. The lowest BCUT2D eigenvalue weighted by Gasteiger charge is -2.36. The molecule has 0 spiro atoms. The van der Waals surface area contributed by atoms with Gasteiger partial charge in [-0.3, -0.25) is 14.5 Å². The van der Waals surface area contributed by atoms with E-state index in [1.54, 1.807) is 94.7 Å². The van der Waals surface area contributed by atoms with Crippen LogP contribution in [0.5, 0.6) is 0 Å². The smallest absolute Gasteiger partial charge is 0.416 e. The lowest BCUT2D eigenvalue weighted by Crippen LogP contribution is -2.49. The average molecular weight is 801 g/mol. The van der Waals surface area contributed by atoms with Crippen molar-refractivity contribution < 1.29 is 38.1 Å². The number of aliphatic hydroxyl groups excluding tert-OH is 1. The fourth-order valence-electron chi connectivity index (χ4n) is 6.23. The standard InChI is InChI=1S/C42H53FN8O7/c1-25(2)32-22-45-51-35(20-34(48-36(32)51)44-21-29-16-17-49(24-33(29)52)39(55)57-41(4,5)6)50(40(56)58-42(7,8)9)23-27-12-10-14-30(18-27)47-38(54)28-13-11-15-31(19-28)46-37(53)26(3)43/h10-15,18-20,22,25,29,33,52H,3,16-17,21,23-24H2,1-2,4-9H3,(H,44,48)(H,46,53)(H,47,54)/t29-,33+/m1/s1. The number of halogens is 1. The molecule has 58 heavy (non-hydrogen) atoms. The minimum Gasteiger partial charge on any atom is -0.444 e. The zero-order valence-corrected chi connectivity index (χ0v) is 34.3. The van der Waals surface area contributed by atoms with Crippen LogP contribution in [0.1, 0.15) is 89.2 Å². The first-order valence-corrected chi connectivity index (χ1v) is 19.1. The van der Waals surface area contributed by atoms with Crippen LogP contribution in [-0.2, 0) is 20.8 Å². The number of hydrogen-bond acceptors (Lipinski definition) is 10. The van der Waals surface area contributed by atoms with Gasteiger partial charge in [-0.05, 0) is 89.8 Å². The zero-order chi connectivity index (χ0) is 42.5. The quantitative estimate of drug-likeness (QED) is 0.111. The molecule has 0 saturated carbocycles. The Morgan fingerprint density at radius 3 is 2.29 bits per heavy atom. The highest BCUT2D eigenvalue weighted by Gasteiger charge is 2.33. The van der Waals surface area contributed by atoms with Crippen molar-refractivity contribution in [3.05, 3.63) is 89.9 Å². The van der Waals surface area contributed by atoms with E-state index in [4.69, 9.17) is 14.5 Å². The van der Waals surface area contributed by atoms with Crippen LogP contribution in [0, 0.1) is 5.92 Å². The molecular weight excluding hydrogens is 748 g/mol. The maximum absolute atomic E-state index is 14.1. The molecule has 0 radical (unpaired) electrons. The van der Waals surface area contributed by atoms with Crippen LogP contribution in [0.4, 0.5) is 37.0 Å². The molecule has 0 unspecified atom stereocenters. The minimum absolute atomic E-state index is 0.00449. The largest absolute Gasteiger partial charge is 0.444 e. The SMILES string of the molecule is C=C(F)C(=O)Nc1cccc(C(=O)Nc2cccc(CN(C(=O)OC(C)(C)C)c3cc(NC[C@H]4CCN(C(=O)OC(C)(C)C)C[C@@H]4O)nc4c(C(C)C)cnn34)c2)c1. The number of carbonyl (C=O) groups is 4. The number of benzene rings is 2. The van der Waals surface area contributed by atoms with Gasteiger partial charge in [0.25, 0.3) is 11.8 Å². The average Bonchev–Trinajstić information content (AvgIpc) is 3.56. The zero-order valence-electron chi connectivity index (χ0n) is 34.3. The van der Waals surface area contributed by atoms with Gasteiger partial charge >= 0.3 is 12.2 Å². The number of aliphatic hydroxyl groups is 1. The minimum atomic E-state index is -1.16. The van der Waals surface area contributed by atoms with Crippen molar-refractivity contribution in [3.63, 3.8) is 0 Å². The van der Waals surface area contributed by atoms with E-state index < -0.39 is 47.1 Å². The highest BCUT2D eigenvalue weighted by molar-refractivity contribution is 6.06. The highest BCUT2D eigenvalue weighted by atomic mass is 19.1. The monoisotopic (exact) mass is 800 g/mol. The molecule has 16 heteroatoms. The molecule has 0 aliphatic carbocycles. The van der Waals surface area contributed by atoms with Crippen molar-refractivity contribution in [1.29, 1.82) is 0 Å². The molecule has 2 atom stereocenters. The van der Waals surface area contributed by atoms with Gasteiger partial charge in [-0.25, -0.2) is 19.0 Å². The van der Waals surface area contributed by atoms with Gasteiger partial charge < -0.3 is 35.4 Å². The van der Waals surface area contributed by atoms with E-state index in [-0.39, 0.29) is 36.2 Å². The van der Waals surface area contributed by atoms with Crippen LogP contribution < -0.4 is 20.9 Å². The molecule has 1 fully saturated rings. The summed E-state index contributed by atoms with van der Waals surface area (Å²) in [5.41, 5.74) is 1.38. The van der Waals surface area contributed by atoms with Crippen molar-refractivity contribution >= 4 is 52.7 Å². The van der Waals surface area contributed by atoms with Gasteiger partial charge in [-0.15, -0.1) is 0 Å². The molecule has 2 aromatic carbocycles. The van der Waals surface area contributed by atoms with Crippen molar-refractivity contribution in [3.8, 4) is 0 Å². The molecule has 5 rings (SSSR count). The number of carbonyl (C=O) groups excluding carboxylic acids is 4. The molecule has 310 valence electrons. The second-order valence-corrected chi connectivity index (χ2v) is 16.6. The van der Waals surface area contributed by atoms with Crippen LogP contribution in [0.3, 0.4) is 0 Å². The first kappa shape index (κ1) is 43.1. The second kappa shape index (κ2) is 17.6. The third-order valence-corrected chi connectivity index (χ3v) is 9.07. The summed E-state index contributed by atoms with van der Waals surface area (Å²) in [4.78, 5) is 59.7. The third kappa shape index (κ3) is 11.3. The Balaban J connectivity index is 1.42. The Bertz CT molecular complexity index is 2170. The number of amides is 4. The molecule has 1 saturated heterocycles. The van der Waals surface area contributed by atoms with Gasteiger partial charge in [0.15, 0.2) is 11.5 Å². The fraction of sp³-hybridized carbons (Fsp3) is 0.429. The molecule has 3 heterocycles. The Morgan fingerprint density at radius 1 is 0.983 bits per heavy atom. The lowest BCUT2D eigenvalue weighted by atomic mass is 9.94. The first-order chi connectivity index (χ1) is 27.2. The molecule has 4 aromatic rings. The van der Waals surface area contributed by atoms with E-state index >= 15 is 0 Å². The van der Waals surface area contributed by atoms with Crippen molar-refractivity contribution in [2.75, 3.05) is 40.5 Å². The van der Waals surface area contributed by atoms with Gasteiger partial charge in [0, 0.05) is 47.6 Å². The van der Waals surface area contributed by atoms with E-state index in [0.29, 0.717) is 48.0 Å². The van der Waals surface area contributed by atoms with Gasteiger partial charge in [-0.1, -0.05) is 38.6 Å². The summed E-state index contributed by atoms with van der Waals surface area (Å²) in [6.45, 7) is 18.6. The number of β-amino-alcohol motifs (C(OH)–C–C–N with tert-alkyl or cyclic N) is 1. The number of aromatic nitrogens is 3. The van der Waals surface area contributed by atoms with Crippen LogP contribution >= 0.6 is 0 Å². The van der Waals surface area contributed by atoms with E-state index in [1.165, 1.54) is 21.9 Å². The fourth-order valence-corrected chi connectivity index (χ4v) is 6.23. The summed E-state index contributed by atoms with van der Waals surface area (Å²) in [5, 5.41) is 24.3. The van der Waals surface area contributed by atoms with Crippen molar-refractivity contribution in [2.24, 2.45) is 5.92 Å². The van der Waals surface area contributed by atoms with Gasteiger partial charge in [0.2, 0.25) is 0 Å². The Hall–Kier alpha value is -6.03. The Morgan fingerprint density at radius 2 is 1.66 bits per heavy atom. The van der Waals surface area contributed by atoms with Gasteiger partial charge in [-0.2, -0.15) is 9.61 Å².